The van der Waals surface area contributed by atoms with E-state index in [2.05, 4.69) is 81.4 Å². The third-order valence-corrected chi connectivity index (χ3v) is 8.44. The van der Waals surface area contributed by atoms with Crippen LogP contribution in [0.2, 0.25) is 0 Å². The maximum Gasteiger partial charge on any atom is 0.253 e. The Bertz CT molecular complexity index is 1510. The molecule has 6 rings (SSSR count). The van der Waals surface area contributed by atoms with E-state index in [0.717, 1.165) is 63.0 Å². The molecule has 0 unspecified atom stereocenters. The lowest BCUT2D eigenvalue weighted by molar-refractivity contribution is 0.0906. The second kappa shape index (κ2) is 10.9. The number of fused-ring (bicyclic) bond motifs is 1. The predicted octanol–water partition coefficient (Wildman–Crippen LogP) is 3.78. The molecule has 4 aromatic rings. The number of benzene rings is 2. The first-order valence-corrected chi connectivity index (χ1v) is 14.1. The number of rotatable bonds is 7. The summed E-state index contributed by atoms with van der Waals surface area (Å²) < 4.78 is 7.75. The zero-order valence-corrected chi connectivity index (χ0v) is 23.1. The van der Waals surface area contributed by atoms with E-state index in [4.69, 9.17) is 4.74 Å². The second-order valence-corrected chi connectivity index (χ2v) is 10.8. The molecule has 9 nitrogen and oxygen atoms in total. The van der Waals surface area contributed by atoms with Crippen LogP contribution < -0.4 is 10.5 Å². The van der Waals surface area contributed by atoms with Crippen LogP contribution in [0.1, 0.15) is 53.9 Å². The number of aromatic nitrogens is 5. The Morgan fingerprint density at radius 1 is 1.10 bits per heavy atom. The zero-order chi connectivity index (χ0) is 26.9. The first kappa shape index (κ1) is 25.7. The fourth-order valence-electron chi connectivity index (χ4n) is 6.01. The monoisotopic (exact) mass is 527 g/mol. The summed E-state index contributed by atoms with van der Waals surface area (Å²) >= 11 is 0. The Hall–Kier alpha value is -3.56. The van der Waals surface area contributed by atoms with Crippen LogP contribution in [0, 0.1) is 13.8 Å². The number of nitrogens with one attached hydrogen (secondary N) is 1. The van der Waals surface area contributed by atoms with Gasteiger partial charge in [-0.1, -0.05) is 25.1 Å². The number of tetrazole rings is 1. The number of ether oxygens (including phenoxy) is 1. The Morgan fingerprint density at radius 2 is 1.95 bits per heavy atom. The van der Waals surface area contributed by atoms with Gasteiger partial charge in [0.05, 0.1) is 12.6 Å². The van der Waals surface area contributed by atoms with Gasteiger partial charge < -0.3 is 14.6 Å². The summed E-state index contributed by atoms with van der Waals surface area (Å²) in [7, 11) is 0. The van der Waals surface area contributed by atoms with Crippen molar-refractivity contribution in [1.82, 2.24) is 30.1 Å². The lowest BCUT2D eigenvalue weighted by Gasteiger charge is -2.40. The lowest BCUT2D eigenvalue weighted by Crippen LogP contribution is -2.49. The molecule has 9 heteroatoms. The SMILES string of the molecule is CCc1ccc2[nH]c(=O)c([C@H](c3nnnn3C[C@@H]3CCCO3)N3CCN(c4cccc(C)c4C)CC3)cc2c1. The minimum atomic E-state index is -0.361. The predicted molar refractivity (Wildman–Crippen MR) is 152 cm³/mol. The molecular formula is C30H37N7O2. The van der Waals surface area contributed by atoms with Gasteiger partial charge in [0.25, 0.3) is 5.56 Å². The first-order valence-electron chi connectivity index (χ1n) is 14.1. The number of piperazine rings is 1. The molecule has 0 amide bonds. The van der Waals surface area contributed by atoms with Crippen molar-refractivity contribution in [2.45, 2.75) is 58.7 Å². The molecule has 0 bridgehead atoms. The topological polar surface area (TPSA) is 92.2 Å². The van der Waals surface area contributed by atoms with Crippen LogP contribution in [0.15, 0.2) is 47.3 Å². The van der Waals surface area contributed by atoms with Gasteiger partial charge in [-0.25, -0.2) is 4.68 Å². The smallest absolute Gasteiger partial charge is 0.253 e. The molecule has 0 aliphatic carbocycles. The van der Waals surface area contributed by atoms with Gasteiger partial charge in [-0.2, -0.15) is 0 Å². The maximum atomic E-state index is 13.6. The van der Waals surface area contributed by atoms with Crippen LogP contribution in [0.3, 0.4) is 0 Å². The third kappa shape index (κ3) is 5.08. The van der Waals surface area contributed by atoms with Gasteiger partial charge in [0.1, 0.15) is 6.04 Å². The van der Waals surface area contributed by atoms with E-state index in [0.29, 0.717) is 17.9 Å². The summed E-state index contributed by atoms with van der Waals surface area (Å²) in [5.74, 6) is 0.696. The van der Waals surface area contributed by atoms with Gasteiger partial charge in [0, 0.05) is 49.6 Å². The molecule has 0 radical (unpaired) electrons. The number of aromatic amines is 1. The van der Waals surface area contributed by atoms with E-state index in [1.165, 1.54) is 22.4 Å². The highest BCUT2D eigenvalue weighted by Crippen LogP contribution is 2.31. The Morgan fingerprint density at radius 3 is 2.72 bits per heavy atom. The highest BCUT2D eigenvalue weighted by atomic mass is 16.5. The molecule has 2 aromatic heterocycles. The van der Waals surface area contributed by atoms with E-state index in [-0.39, 0.29) is 17.7 Å². The van der Waals surface area contributed by atoms with Crippen molar-refractivity contribution < 1.29 is 4.74 Å². The van der Waals surface area contributed by atoms with E-state index >= 15 is 0 Å². The van der Waals surface area contributed by atoms with Crippen molar-refractivity contribution in [2.24, 2.45) is 0 Å². The average molecular weight is 528 g/mol. The standard InChI is InChI=1S/C30H37N7O2/c1-4-22-10-11-26-23(17-22)18-25(30(38)31-26)28(29-32-33-34-37(29)19-24-8-6-16-39-24)36-14-12-35(13-15-36)27-9-5-7-20(2)21(27)3/h5,7,9-11,17-18,24,28H,4,6,8,12-16,19H2,1-3H3,(H,31,38)/t24-,28+/m0/s1. The summed E-state index contributed by atoms with van der Waals surface area (Å²) in [6, 6.07) is 14.4. The zero-order valence-electron chi connectivity index (χ0n) is 23.1. The molecule has 1 N–H and O–H groups in total. The normalized spacial score (nSPS) is 19.2. The number of pyridine rings is 1. The van der Waals surface area contributed by atoms with Gasteiger partial charge in [-0.05, 0) is 89.9 Å². The summed E-state index contributed by atoms with van der Waals surface area (Å²) in [6.45, 7) is 11.2. The van der Waals surface area contributed by atoms with Crippen molar-refractivity contribution in [1.29, 1.82) is 0 Å². The van der Waals surface area contributed by atoms with Crippen molar-refractivity contribution in [2.75, 3.05) is 37.7 Å². The van der Waals surface area contributed by atoms with Crippen molar-refractivity contribution in [3.05, 3.63) is 80.9 Å². The maximum absolute atomic E-state index is 13.6. The van der Waals surface area contributed by atoms with E-state index in [9.17, 15) is 4.79 Å². The van der Waals surface area contributed by atoms with E-state index in [1.54, 1.807) is 0 Å². The fourth-order valence-corrected chi connectivity index (χ4v) is 6.01. The second-order valence-electron chi connectivity index (χ2n) is 10.8. The van der Waals surface area contributed by atoms with Crippen LogP contribution >= 0.6 is 0 Å². The third-order valence-electron chi connectivity index (χ3n) is 8.44. The molecule has 2 aromatic carbocycles. The average Bonchev–Trinajstić information content (AvgIpc) is 3.64. The van der Waals surface area contributed by atoms with Crippen LogP contribution in [-0.2, 0) is 17.7 Å². The molecule has 2 saturated heterocycles. The summed E-state index contributed by atoms with van der Waals surface area (Å²) in [5, 5.41) is 14.0. The number of anilines is 1. The molecule has 0 saturated carbocycles. The molecule has 0 spiro atoms. The van der Waals surface area contributed by atoms with Gasteiger partial charge in [0.15, 0.2) is 5.82 Å². The van der Waals surface area contributed by atoms with Gasteiger partial charge >= 0.3 is 0 Å². The molecule has 4 heterocycles. The molecule has 204 valence electrons. The Kier molecular flexibility index (Phi) is 7.18. The minimum Gasteiger partial charge on any atom is -0.376 e. The first-order chi connectivity index (χ1) is 19.0. The van der Waals surface area contributed by atoms with Crippen molar-refractivity contribution in [3.63, 3.8) is 0 Å². The van der Waals surface area contributed by atoms with Gasteiger partial charge in [-0.3, -0.25) is 9.69 Å². The molecule has 2 fully saturated rings. The lowest BCUT2D eigenvalue weighted by atomic mass is 10.0. The Balaban J connectivity index is 1.37. The highest BCUT2D eigenvalue weighted by Gasteiger charge is 2.34. The summed E-state index contributed by atoms with van der Waals surface area (Å²) in [4.78, 5) is 21.5. The fraction of sp³-hybridized carbons (Fsp3) is 0.467. The van der Waals surface area contributed by atoms with Gasteiger partial charge in [0.2, 0.25) is 0 Å². The van der Waals surface area contributed by atoms with Crippen LogP contribution in [0.25, 0.3) is 10.9 Å². The van der Waals surface area contributed by atoms with Crippen LogP contribution in [-0.4, -0.2) is 69.0 Å². The molecule has 39 heavy (non-hydrogen) atoms. The number of hydrogen-bond donors (Lipinski definition) is 1. The van der Waals surface area contributed by atoms with Crippen LogP contribution in [0.4, 0.5) is 5.69 Å². The van der Waals surface area contributed by atoms with E-state index < -0.39 is 0 Å². The molecule has 2 atom stereocenters. The number of H-pyrrole nitrogens is 1. The quantitative estimate of drug-likeness (QED) is 0.391. The molecule has 2 aliphatic heterocycles. The van der Waals surface area contributed by atoms with Crippen LogP contribution in [0.5, 0.6) is 0 Å². The molecule has 2 aliphatic rings. The summed E-state index contributed by atoms with van der Waals surface area (Å²) in [5.41, 5.74) is 6.57. The highest BCUT2D eigenvalue weighted by molar-refractivity contribution is 5.80. The largest absolute Gasteiger partial charge is 0.376 e. The van der Waals surface area contributed by atoms with Crippen molar-refractivity contribution >= 4 is 16.6 Å². The number of nitrogens with zero attached hydrogens (tertiary/aromatic N) is 6. The summed E-state index contributed by atoms with van der Waals surface area (Å²) in [6.07, 6.45) is 3.08. The van der Waals surface area contributed by atoms with Crippen molar-refractivity contribution in [3.8, 4) is 0 Å². The van der Waals surface area contributed by atoms with Gasteiger partial charge in [-0.15, -0.1) is 5.10 Å². The Labute approximate surface area is 228 Å². The van der Waals surface area contributed by atoms with E-state index in [1.807, 2.05) is 16.8 Å². The number of aryl methyl sites for hydroxylation is 2. The number of hydrogen-bond acceptors (Lipinski definition) is 7. The minimum absolute atomic E-state index is 0.0936. The molecular weight excluding hydrogens is 490 g/mol.